The summed E-state index contributed by atoms with van der Waals surface area (Å²) in [5, 5.41) is 0. The van der Waals surface area contributed by atoms with E-state index in [1.54, 1.807) is 7.11 Å². The maximum Gasteiger partial charge on any atom is 0.187 e. The van der Waals surface area contributed by atoms with Crippen molar-refractivity contribution in [1.82, 2.24) is 0 Å². The van der Waals surface area contributed by atoms with E-state index in [9.17, 15) is 4.79 Å². The summed E-state index contributed by atoms with van der Waals surface area (Å²) in [5.41, 5.74) is -0.209. The average molecular weight is 391 g/mol. The Morgan fingerprint density at radius 2 is 1.79 bits per heavy atom. The fraction of sp³-hybridized carbons (Fsp3) is 0.667. The van der Waals surface area contributed by atoms with Crippen LogP contribution in [0.25, 0.3) is 0 Å². The van der Waals surface area contributed by atoms with Crippen molar-refractivity contribution in [1.29, 1.82) is 0 Å². The molecule has 0 aromatic carbocycles. The Morgan fingerprint density at radius 1 is 1.29 bits per heavy atom. The van der Waals surface area contributed by atoms with E-state index in [0.717, 1.165) is 0 Å². The molecular weight excluding hydrogens is 380 g/mol. The molecular formula is C9H11Br3O2. The quantitative estimate of drug-likeness (QED) is 0.642. The molecule has 0 N–H and O–H groups in total. The Hall–Kier alpha value is 0.650. The zero-order chi connectivity index (χ0) is 11.1. The van der Waals surface area contributed by atoms with Crippen LogP contribution in [0.4, 0.5) is 0 Å². The van der Waals surface area contributed by atoms with Crippen molar-refractivity contribution in [2.45, 2.75) is 23.5 Å². The number of rotatable bonds is 1. The third-order valence-electron chi connectivity index (χ3n) is 2.42. The predicted molar refractivity (Wildman–Crippen MR) is 67.2 cm³/mol. The van der Waals surface area contributed by atoms with Gasteiger partial charge in [-0.15, -0.1) is 0 Å². The van der Waals surface area contributed by atoms with E-state index in [1.165, 1.54) is 0 Å². The summed E-state index contributed by atoms with van der Waals surface area (Å²) in [5.74, 6) is 0.693. The molecule has 0 bridgehead atoms. The lowest BCUT2D eigenvalue weighted by Crippen LogP contribution is -2.44. The van der Waals surface area contributed by atoms with Gasteiger partial charge in [-0.3, -0.25) is 4.79 Å². The largest absolute Gasteiger partial charge is 0.499 e. The van der Waals surface area contributed by atoms with Crippen LogP contribution in [0.3, 0.4) is 0 Å². The Morgan fingerprint density at radius 3 is 2.21 bits per heavy atom. The monoisotopic (exact) mass is 388 g/mol. The molecule has 14 heavy (non-hydrogen) atoms. The van der Waals surface area contributed by atoms with Gasteiger partial charge in [0.25, 0.3) is 0 Å². The number of alkyl halides is 2. The molecule has 1 aliphatic rings. The van der Waals surface area contributed by atoms with Crippen molar-refractivity contribution >= 4 is 53.6 Å². The molecule has 2 nitrogen and oxygen atoms in total. The van der Waals surface area contributed by atoms with Crippen molar-refractivity contribution in [3.8, 4) is 0 Å². The number of ketones is 1. The number of hydrogen-bond acceptors (Lipinski definition) is 2. The molecule has 80 valence electrons. The van der Waals surface area contributed by atoms with Gasteiger partial charge in [0.2, 0.25) is 0 Å². The van der Waals surface area contributed by atoms with Crippen LogP contribution in [0.2, 0.25) is 0 Å². The van der Waals surface area contributed by atoms with E-state index in [1.807, 2.05) is 13.8 Å². The van der Waals surface area contributed by atoms with Crippen molar-refractivity contribution < 1.29 is 9.53 Å². The highest BCUT2D eigenvalue weighted by Gasteiger charge is 2.47. The van der Waals surface area contributed by atoms with Gasteiger partial charge in [0, 0.05) is 5.41 Å². The standard InChI is InChI=1S/C9H11Br3O2/c1-9(2)7(11)5(13)4(10)6(14-3)8(9)12/h7-8H,1-3H3. The van der Waals surface area contributed by atoms with Gasteiger partial charge >= 0.3 is 0 Å². The molecule has 0 saturated heterocycles. The molecule has 0 radical (unpaired) electrons. The minimum absolute atomic E-state index is 0.0245. The molecule has 0 aliphatic heterocycles. The highest BCUT2D eigenvalue weighted by molar-refractivity contribution is 9.12. The number of ether oxygens (including phenoxy) is 1. The zero-order valence-corrected chi connectivity index (χ0v) is 12.9. The van der Waals surface area contributed by atoms with Gasteiger partial charge in [-0.25, -0.2) is 0 Å². The van der Waals surface area contributed by atoms with Gasteiger partial charge in [0.1, 0.15) is 10.2 Å². The number of Topliss-reactive ketones (excluding diaryl/α,β-unsaturated/α-hetero) is 1. The molecule has 0 saturated carbocycles. The second-order valence-corrected chi connectivity index (χ2v) is 6.42. The third-order valence-corrected chi connectivity index (χ3v) is 6.39. The second kappa shape index (κ2) is 4.26. The number of methoxy groups -OCH3 is 1. The van der Waals surface area contributed by atoms with Crippen LogP contribution in [0.5, 0.6) is 0 Å². The van der Waals surface area contributed by atoms with E-state index in [2.05, 4.69) is 47.8 Å². The van der Waals surface area contributed by atoms with Gasteiger partial charge in [0.05, 0.1) is 16.8 Å². The van der Waals surface area contributed by atoms with Gasteiger partial charge in [-0.05, 0) is 15.9 Å². The van der Waals surface area contributed by atoms with Crippen molar-refractivity contribution in [3.05, 3.63) is 10.2 Å². The first-order valence-corrected chi connectivity index (χ1v) is 6.72. The third kappa shape index (κ3) is 1.83. The second-order valence-electron chi connectivity index (χ2n) is 3.79. The lowest BCUT2D eigenvalue weighted by atomic mass is 9.79. The Labute approximate surface area is 109 Å². The fourth-order valence-corrected chi connectivity index (χ4v) is 4.10. The lowest BCUT2D eigenvalue weighted by molar-refractivity contribution is -0.116. The van der Waals surface area contributed by atoms with E-state index in [-0.39, 0.29) is 20.9 Å². The van der Waals surface area contributed by atoms with Crippen LogP contribution in [-0.4, -0.2) is 22.5 Å². The highest BCUT2D eigenvalue weighted by Crippen LogP contribution is 2.46. The summed E-state index contributed by atoms with van der Waals surface area (Å²) in [6.45, 7) is 4.03. The van der Waals surface area contributed by atoms with Gasteiger partial charge < -0.3 is 4.74 Å². The first-order chi connectivity index (χ1) is 6.34. The average Bonchev–Trinajstić information content (AvgIpc) is 2.14. The summed E-state index contributed by atoms with van der Waals surface area (Å²) in [6, 6.07) is 0. The van der Waals surface area contributed by atoms with Crippen LogP contribution in [-0.2, 0) is 9.53 Å². The van der Waals surface area contributed by atoms with E-state index >= 15 is 0 Å². The zero-order valence-electron chi connectivity index (χ0n) is 8.11. The number of halogens is 3. The number of carbonyl (C=O) groups excluding carboxylic acids is 1. The first kappa shape index (κ1) is 12.7. The van der Waals surface area contributed by atoms with E-state index in [4.69, 9.17) is 4.74 Å². The number of allylic oxidation sites excluding steroid dienone is 2. The molecule has 5 heteroatoms. The van der Waals surface area contributed by atoms with Gasteiger partial charge in [-0.1, -0.05) is 45.7 Å². The lowest BCUT2D eigenvalue weighted by Gasteiger charge is -2.39. The van der Waals surface area contributed by atoms with Crippen LogP contribution < -0.4 is 0 Å². The number of carbonyl (C=O) groups is 1. The molecule has 2 atom stereocenters. The summed E-state index contributed by atoms with van der Waals surface area (Å²) in [7, 11) is 1.57. The minimum Gasteiger partial charge on any atom is -0.499 e. The Balaban J connectivity index is 3.24. The Kier molecular flexibility index (Phi) is 3.87. The SMILES string of the molecule is COC1=C(Br)C(=O)C(Br)C(C)(C)C1Br. The highest BCUT2D eigenvalue weighted by atomic mass is 79.9. The first-order valence-electron chi connectivity index (χ1n) is 4.10. The smallest absolute Gasteiger partial charge is 0.187 e. The molecule has 2 unspecified atom stereocenters. The fourth-order valence-electron chi connectivity index (χ4n) is 1.34. The van der Waals surface area contributed by atoms with Crippen LogP contribution >= 0.6 is 47.8 Å². The van der Waals surface area contributed by atoms with Crippen molar-refractivity contribution in [3.63, 3.8) is 0 Å². The molecule has 0 aromatic rings. The maximum atomic E-state index is 11.8. The van der Waals surface area contributed by atoms with Gasteiger partial charge in [-0.2, -0.15) is 0 Å². The molecule has 0 heterocycles. The van der Waals surface area contributed by atoms with E-state index < -0.39 is 0 Å². The van der Waals surface area contributed by atoms with Gasteiger partial charge in [0.15, 0.2) is 5.78 Å². The minimum atomic E-state index is -0.209. The normalized spacial score (nSPS) is 32.0. The summed E-state index contributed by atoms with van der Waals surface area (Å²) in [6.07, 6.45) is 0. The predicted octanol–water partition coefficient (Wildman–Crippen LogP) is 3.38. The topological polar surface area (TPSA) is 26.3 Å². The molecule has 0 fully saturated rings. The van der Waals surface area contributed by atoms with Crippen molar-refractivity contribution in [2.75, 3.05) is 7.11 Å². The molecule has 1 rings (SSSR count). The molecule has 0 aromatic heterocycles. The van der Waals surface area contributed by atoms with E-state index in [0.29, 0.717) is 10.2 Å². The summed E-state index contributed by atoms with van der Waals surface area (Å²) >= 11 is 10.2. The Bertz CT molecular complexity index is 296. The van der Waals surface area contributed by atoms with Crippen LogP contribution in [0.15, 0.2) is 10.2 Å². The van der Waals surface area contributed by atoms with Crippen LogP contribution in [0, 0.1) is 5.41 Å². The molecule has 0 amide bonds. The summed E-state index contributed by atoms with van der Waals surface area (Å²) in [4.78, 5) is 11.6. The maximum absolute atomic E-state index is 11.8. The summed E-state index contributed by atoms with van der Waals surface area (Å²) < 4.78 is 5.73. The number of hydrogen-bond donors (Lipinski definition) is 0. The van der Waals surface area contributed by atoms with Crippen molar-refractivity contribution in [2.24, 2.45) is 5.41 Å². The molecule has 0 spiro atoms. The molecule has 1 aliphatic carbocycles. The van der Waals surface area contributed by atoms with Crippen LogP contribution in [0.1, 0.15) is 13.8 Å².